The van der Waals surface area contributed by atoms with Gasteiger partial charge in [-0.1, -0.05) is 36.4 Å². The van der Waals surface area contributed by atoms with Crippen molar-refractivity contribution >= 4 is 106 Å². The van der Waals surface area contributed by atoms with Gasteiger partial charge < -0.3 is 122 Å². The normalized spacial score (nSPS) is 21.1. The van der Waals surface area contributed by atoms with E-state index in [1.807, 2.05) is 62.4 Å². The van der Waals surface area contributed by atoms with Gasteiger partial charge in [-0.15, -0.1) is 11.7 Å². The van der Waals surface area contributed by atoms with Crippen LogP contribution in [0.4, 0.5) is 107 Å². The van der Waals surface area contributed by atoms with Gasteiger partial charge in [0.15, 0.2) is 11.6 Å². The summed E-state index contributed by atoms with van der Waals surface area (Å²) in [4.78, 5) is 129. The van der Waals surface area contributed by atoms with Crippen LogP contribution in [0.5, 0.6) is 6.01 Å². The van der Waals surface area contributed by atoms with Gasteiger partial charge in [-0.3, -0.25) is 14.4 Å². The van der Waals surface area contributed by atoms with Crippen LogP contribution >= 0.6 is 11.2 Å². The zero-order chi connectivity index (χ0) is 110. The van der Waals surface area contributed by atoms with Crippen molar-refractivity contribution in [1.29, 1.82) is 5.53 Å². The number of ether oxygens (including phenoxy) is 6. The number of primary amides is 2. The van der Waals surface area contributed by atoms with Crippen LogP contribution in [0.3, 0.4) is 0 Å². The molecule has 2 heterocycles. The molecule has 0 aliphatic heterocycles. The van der Waals surface area contributed by atoms with Crippen LogP contribution in [0.25, 0.3) is 0 Å². The van der Waals surface area contributed by atoms with Gasteiger partial charge in [-0.05, 0) is 257 Å². The zero-order valence-corrected chi connectivity index (χ0v) is 88.0. The number of anilines is 6. The summed E-state index contributed by atoms with van der Waals surface area (Å²) in [6.45, 7) is 35.0. The molecule has 0 saturated heterocycles. The molecule has 42 nitrogen and oxygen atoms in total. The van der Waals surface area contributed by atoms with Crippen molar-refractivity contribution in [3.8, 4) is 6.01 Å². The molecule has 0 spiro atoms. The summed E-state index contributed by atoms with van der Waals surface area (Å²) < 4.78 is 178. The summed E-state index contributed by atoms with van der Waals surface area (Å²) in [5.74, 6) is -9.78. The van der Waals surface area contributed by atoms with E-state index in [2.05, 4.69) is 78.4 Å². The van der Waals surface area contributed by atoms with Crippen LogP contribution in [-0.4, -0.2) is 203 Å². The van der Waals surface area contributed by atoms with Crippen molar-refractivity contribution in [2.24, 2.45) is 33.8 Å². The van der Waals surface area contributed by atoms with Crippen molar-refractivity contribution in [2.75, 3.05) is 27.7 Å². The predicted octanol–water partition coefficient (Wildman–Crippen LogP) is 17.2. The molecule has 22 N–H and O–H groups in total. The maximum atomic E-state index is 14.2. The van der Waals surface area contributed by atoms with E-state index in [0.29, 0.717) is 81.3 Å². The number of alkyl carbamates (subject to hydrolysis) is 6. The average molecular weight is 2180 g/mol. The van der Waals surface area contributed by atoms with Gasteiger partial charge in [0, 0.05) is 61.7 Å². The number of amides is 8. The van der Waals surface area contributed by atoms with E-state index in [9.17, 15) is 86.3 Å². The molecule has 5 aliphatic carbocycles. The molecule has 5 fully saturated rings. The minimum absolute atomic E-state index is 0. The molecule has 5 aliphatic rings. The van der Waals surface area contributed by atoms with E-state index >= 15 is 0 Å². The number of nitrogens with one attached hydrogen (secondary N) is 11. The minimum atomic E-state index is -5.86. The second-order valence-electron chi connectivity index (χ2n) is 39.9. The van der Waals surface area contributed by atoms with Crippen LogP contribution in [0.2, 0.25) is 0 Å². The number of aromatic nitrogens is 4. The van der Waals surface area contributed by atoms with Crippen molar-refractivity contribution in [3.63, 3.8) is 0 Å². The molecule has 145 heavy (non-hydrogen) atoms. The number of aliphatic hydroxyl groups is 1. The number of ketones is 1. The maximum absolute atomic E-state index is 14.2. The number of para-hydroxylation sites is 2. The third-order valence-corrected chi connectivity index (χ3v) is 19.7. The van der Waals surface area contributed by atoms with Crippen molar-refractivity contribution < 1.29 is 148 Å². The van der Waals surface area contributed by atoms with E-state index in [4.69, 9.17) is 81.8 Å². The van der Waals surface area contributed by atoms with Crippen LogP contribution in [-0.2, 0) is 62.1 Å². The van der Waals surface area contributed by atoms with Gasteiger partial charge in [0.2, 0.25) is 17.1 Å². The quantitative estimate of drug-likeness (QED) is 0.00967. The summed E-state index contributed by atoms with van der Waals surface area (Å²) in [6, 6.07) is 13.4. The van der Waals surface area contributed by atoms with E-state index in [-0.39, 0.29) is 79.9 Å². The molecular weight excluding hydrogens is 2040 g/mol. The first kappa shape index (κ1) is 129. The number of benzene rings is 3. The van der Waals surface area contributed by atoms with Gasteiger partial charge in [0.25, 0.3) is 29.6 Å². The fourth-order valence-corrected chi connectivity index (χ4v) is 13.8. The third-order valence-electron chi connectivity index (χ3n) is 19.7. The van der Waals surface area contributed by atoms with E-state index in [0.717, 1.165) is 23.2 Å². The number of halogens is 9. The molecule has 820 valence electrons. The molecule has 0 unspecified atom stereocenters. The van der Waals surface area contributed by atoms with Gasteiger partial charge in [0.1, 0.15) is 68.3 Å². The molecule has 0 radical (unpaired) electrons. The summed E-state index contributed by atoms with van der Waals surface area (Å²) >= 11 is -10.5. The predicted molar refractivity (Wildman–Crippen MR) is 517 cm³/mol. The number of hydrogen-bond acceptors (Lipinski definition) is 34. The second-order valence-corrected chi connectivity index (χ2v) is 42.9. The summed E-state index contributed by atoms with van der Waals surface area (Å²) in [6.07, 6.45) is 3.29. The third kappa shape index (κ3) is 53.1. The Morgan fingerprint density at radius 3 is 1.30 bits per heavy atom. The van der Waals surface area contributed by atoms with E-state index in [1.165, 1.54) is 12.4 Å². The van der Waals surface area contributed by atoms with Gasteiger partial charge in [-0.2, -0.15) is 15.1 Å². The second kappa shape index (κ2) is 56.1. The molecule has 53 heteroatoms. The standard InChI is InChI=1S/C18H22F2N6O.C18H17N7O2.C16H28F2N2O4.C16H30N2O5.C16H28N2O5.C6H12F2N2.CH3F3S.CH3.4O.Ru/c1-10-4-2-5-11(8-10)24-16-12(15(22)27)9-23-17(26-16)25-13-6-3-7-18(19,20)14(13)21;1-11-5-4-6-12(9-11)22-17-13(16(19)26)10-21-18(23-17)27-25-15-8-3-2-7-14(15)24-20;1-14(2,3)23-12(21)19-10-8-7-9-16(17,18)11(10)20-13(22)24-15(4,5)6;2*1-15(2,3)22-13(20)17-10-8-7-9-11(19)12(10)18-14(21)23-16(4,5)6;7-6(8)3-1-2-4(9)5(6)10;1-5(2,3)4;;;;;;/h2,4-5,8-9,13-14H,3,6-7,21H2,1H3,(H2,22,27)(H2,23,24,25,26);2-10,20,25H,1H3,(H2,19,26)(H,21,22,23);10-11H,7-9H2,1-6H3,(H,19,21)(H,20,22);10-12,19H,7-9H2,1-6H3,(H,17,20)(H,18,21);10,12H,7-9H2,1-6H3,(H,17,20)(H,18,21);4-5H,1-3,9-10H2;1H3;1H3;;;;;/q;;;;;;;-1;;;;;/t13-,14-;;10-,11-;10-,11+,12-;10-,12-;4-,5-;;;;;;;/m1.1111......./s1. The molecule has 8 amide bonds. The number of hydrogen-bond donors (Lipinski definition) is 17. The Balaban J connectivity index is 0.000000583. The number of rotatable bonds is 18. The molecule has 3 aromatic carbocycles. The van der Waals surface area contributed by atoms with Crippen LogP contribution in [0, 0.1) is 26.8 Å². The van der Waals surface area contributed by atoms with E-state index < -0.39 is 192 Å². The molecule has 5 aromatic rings. The van der Waals surface area contributed by atoms with Crippen molar-refractivity contribution in [1.82, 2.24) is 51.8 Å². The average Bonchev–Trinajstić information content (AvgIpc) is 0.802. The Hall–Kier alpha value is -12.0. The van der Waals surface area contributed by atoms with E-state index in [1.54, 1.807) is 149 Å². The Kier molecular flexibility index (Phi) is 49.9. The fourth-order valence-electron chi connectivity index (χ4n) is 13.8. The van der Waals surface area contributed by atoms with Crippen molar-refractivity contribution in [2.45, 2.75) is 353 Å². The van der Waals surface area contributed by atoms with Crippen LogP contribution in [0.1, 0.15) is 253 Å². The molecule has 2 aromatic heterocycles. The first-order valence-electron chi connectivity index (χ1n) is 45.5. The number of aryl methyl sites for hydroxylation is 2. The number of carbonyl (C=O) groups is 9. The Morgan fingerprint density at radius 2 is 0.869 bits per heavy atom. The van der Waals surface area contributed by atoms with Crippen LogP contribution in [0.15, 0.2) is 90.3 Å². The Morgan fingerprint density at radius 1 is 0.490 bits per heavy atom. The zero-order valence-electron chi connectivity index (χ0n) is 85.4. The summed E-state index contributed by atoms with van der Waals surface area (Å²) in [5.41, 5.74) is 37.4. The fraction of sp³-hybridized carbons (Fsp3) is 0.609. The number of nitrogens with zero attached hydrogens (tertiary/aromatic N) is 5. The SMILES string of the molecule is CC(C)(C)OC(=O)N[C@@H]1CCCC(=O)[C@@H]1NC(=O)OC(C)(C)C.CC(C)(C)OC(=O)N[C@@H]1[C@H](NC(=O)OC(C)(C)C)CCCC1(F)F.CC(C)(C)OC(=O)N[C@H]1[C@@H](O)CCC[C@H]1NC(=O)OC(C)(C)C.CS(F)(F)F.Cc1cccc(Nc2nc(N[C@@H]3CCCC(F)(F)[C@@H]3N)ncc2C(N)=O)c1.Cc1cccc(Nc2nc(ONc3ccccc3N=N)ncc2C(N)=O)c1.N[C@@H]1CCCC(F)(F)[C@@H]1N.[CH3-].[O]=[Ru](=[O])(=[O])=[O]. The first-order chi connectivity index (χ1) is 65.8. The number of alkyl halides is 6. The molecule has 11 atom stereocenters. The molecule has 10 rings (SSSR count). The number of carbonyl (C=O) groups excluding carboxylic acids is 9. The monoisotopic (exact) mass is 2180 g/mol. The topological polar surface area (TPSA) is 645 Å². The molecular formula is C92H143F9N21O21RuS-. The Bertz CT molecular complexity index is 5320. The first-order valence-corrected chi connectivity index (χ1v) is 50.1. The van der Waals surface area contributed by atoms with Gasteiger partial charge in [0.05, 0.1) is 54.1 Å². The molecule has 0 bridgehead atoms. The van der Waals surface area contributed by atoms with Gasteiger partial charge in [-0.25, -0.2) is 76.1 Å². The summed E-state index contributed by atoms with van der Waals surface area (Å²) in [5, 5.41) is 37.8. The number of aliphatic hydroxyl groups excluding tert-OH is 1. The molecule has 5 saturated carbocycles. The Labute approximate surface area is 842 Å². The van der Waals surface area contributed by atoms with Crippen molar-refractivity contribution in [3.05, 3.63) is 115 Å². The number of Topliss-reactive ketones (excluding diaryl/α,β-unsaturated/α-hetero) is 1. The summed E-state index contributed by atoms with van der Waals surface area (Å²) in [7, 11) is 0. The number of nitrogens with two attached hydrogens (primary N) is 5. The van der Waals surface area contributed by atoms with Crippen LogP contribution < -0.4 is 86.8 Å². The van der Waals surface area contributed by atoms with Gasteiger partial charge >= 0.3 is 71.4 Å².